The number of anilines is 1. The zero-order valence-electron chi connectivity index (χ0n) is 9.77. The number of thioether (sulfide) groups is 1. The summed E-state index contributed by atoms with van der Waals surface area (Å²) in [5, 5.41) is 2.36. The molecule has 0 saturated carbocycles. The van der Waals surface area contributed by atoms with Crippen LogP contribution in [0.4, 0.5) is 10.5 Å². The zero-order valence-corrected chi connectivity index (χ0v) is 10.6. The molecule has 3 amide bonds. The number of carbonyl (C=O) groups is 2. The average molecular weight is 250 g/mol. The van der Waals surface area contributed by atoms with Crippen LogP contribution in [0.2, 0.25) is 0 Å². The number of urea groups is 1. The number of imide groups is 1. The molecule has 1 aromatic carbocycles. The monoisotopic (exact) mass is 250 g/mol. The van der Waals surface area contributed by atoms with Gasteiger partial charge >= 0.3 is 6.03 Å². The van der Waals surface area contributed by atoms with E-state index in [1.165, 1.54) is 0 Å². The third-order valence-corrected chi connectivity index (χ3v) is 3.47. The Balaban J connectivity index is 2.26. The fourth-order valence-corrected chi connectivity index (χ4v) is 2.19. The summed E-state index contributed by atoms with van der Waals surface area (Å²) in [6, 6.07) is 7.39. The molecule has 0 aromatic heterocycles. The maximum absolute atomic E-state index is 11.7. The van der Waals surface area contributed by atoms with E-state index in [1.54, 1.807) is 16.7 Å². The summed E-state index contributed by atoms with van der Waals surface area (Å²) in [6.45, 7) is 2.25. The molecule has 0 bridgehead atoms. The van der Waals surface area contributed by atoms with Crippen molar-refractivity contribution in [3.63, 3.8) is 0 Å². The maximum Gasteiger partial charge on any atom is 0.328 e. The topological polar surface area (TPSA) is 49.4 Å². The van der Waals surface area contributed by atoms with Gasteiger partial charge in [-0.25, -0.2) is 4.79 Å². The fourth-order valence-electron chi connectivity index (χ4n) is 1.74. The Morgan fingerprint density at radius 1 is 1.41 bits per heavy atom. The highest BCUT2D eigenvalue weighted by Crippen LogP contribution is 2.24. The van der Waals surface area contributed by atoms with Gasteiger partial charge < -0.3 is 0 Å². The van der Waals surface area contributed by atoms with E-state index in [-0.39, 0.29) is 17.9 Å². The van der Waals surface area contributed by atoms with Crippen molar-refractivity contribution in [1.29, 1.82) is 0 Å². The maximum atomic E-state index is 11.7. The third kappa shape index (κ3) is 2.44. The largest absolute Gasteiger partial charge is 0.328 e. The summed E-state index contributed by atoms with van der Waals surface area (Å²) >= 11 is 1.62. The predicted octanol–water partition coefficient (Wildman–Crippen LogP) is 2.10. The quantitative estimate of drug-likeness (QED) is 0.818. The van der Waals surface area contributed by atoms with Crippen molar-refractivity contribution in [3.8, 4) is 0 Å². The van der Waals surface area contributed by atoms with Crippen LogP contribution >= 0.6 is 11.8 Å². The van der Waals surface area contributed by atoms with Crippen LogP contribution in [-0.4, -0.2) is 24.7 Å². The highest BCUT2D eigenvalue weighted by atomic mass is 32.2. The summed E-state index contributed by atoms with van der Waals surface area (Å²) in [6.07, 6.45) is 1.99. The number of benzene rings is 1. The van der Waals surface area contributed by atoms with Crippen molar-refractivity contribution in [2.45, 2.75) is 11.8 Å². The summed E-state index contributed by atoms with van der Waals surface area (Å²) in [5.41, 5.74) is 0.828. The van der Waals surface area contributed by atoms with Crippen LogP contribution in [0.1, 0.15) is 6.92 Å². The molecule has 0 radical (unpaired) electrons. The molecule has 17 heavy (non-hydrogen) atoms. The lowest BCUT2D eigenvalue weighted by atomic mass is 10.1. The van der Waals surface area contributed by atoms with Crippen LogP contribution in [0.25, 0.3) is 0 Å². The Labute approximate surface area is 104 Å². The van der Waals surface area contributed by atoms with E-state index in [1.807, 2.05) is 37.4 Å². The molecule has 1 unspecified atom stereocenters. The molecule has 1 aliphatic heterocycles. The van der Waals surface area contributed by atoms with Gasteiger partial charge in [-0.2, -0.15) is 0 Å². The lowest BCUT2D eigenvalue weighted by Crippen LogP contribution is -2.53. The summed E-state index contributed by atoms with van der Waals surface area (Å²) in [4.78, 5) is 25.8. The molecule has 1 atom stereocenters. The SMILES string of the molecule is CSc1cccc(N2CC(C)C(=O)NC2=O)c1. The minimum atomic E-state index is -0.341. The van der Waals surface area contributed by atoms with Crippen molar-refractivity contribution >= 4 is 29.4 Å². The standard InChI is InChI=1S/C12H14N2O2S/c1-8-7-14(12(16)13-11(8)15)9-4-3-5-10(6-9)17-2/h3-6,8H,7H2,1-2H3,(H,13,15,16). The van der Waals surface area contributed by atoms with E-state index in [2.05, 4.69) is 5.32 Å². The van der Waals surface area contributed by atoms with Crippen LogP contribution in [-0.2, 0) is 4.79 Å². The molecule has 1 aromatic rings. The van der Waals surface area contributed by atoms with Gasteiger partial charge in [0.15, 0.2) is 0 Å². The Morgan fingerprint density at radius 3 is 2.88 bits per heavy atom. The van der Waals surface area contributed by atoms with E-state index in [0.29, 0.717) is 6.54 Å². The Morgan fingerprint density at radius 2 is 2.18 bits per heavy atom. The van der Waals surface area contributed by atoms with E-state index in [9.17, 15) is 9.59 Å². The van der Waals surface area contributed by atoms with Crippen molar-refractivity contribution in [3.05, 3.63) is 24.3 Å². The second-order valence-electron chi connectivity index (χ2n) is 4.01. The number of amides is 3. The van der Waals surface area contributed by atoms with Gasteiger partial charge in [0, 0.05) is 17.1 Å². The molecule has 1 saturated heterocycles. The van der Waals surface area contributed by atoms with Crippen LogP contribution in [0.5, 0.6) is 0 Å². The molecule has 0 aliphatic carbocycles. The molecule has 2 rings (SSSR count). The predicted molar refractivity (Wildman–Crippen MR) is 68.3 cm³/mol. The molecule has 90 valence electrons. The molecule has 1 N–H and O–H groups in total. The second-order valence-corrected chi connectivity index (χ2v) is 4.89. The molecule has 4 nitrogen and oxygen atoms in total. The van der Waals surface area contributed by atoms with Gasteiger partial charge in [0.05, 0.1) is 5.92 Å². The van der Waals surface area contributed by atoms with Gasteiger partial charge in [0.25, 0.3) is 0 Å². The van der Waals surface area contributed by atoms with E-state index < -0.39 is 0 Å². The molecule has 0 spiro atoms. The van der Waals surface area contributed by atoms with E-state index >= 15 is 0 Å². The Hall–Kier alpha value is -1.49. The summed E-state index contributed by atoms with van der Waals surface area (Å²) in [5.74, 6) is -0.377. The van der Waals surface area contributed by atoms with Crippen molar-refractivity contribution in [2.75, 3.05) is 17.7 Å². The summed E-state index contributed by atoms with van der Waals surface area (Å²) < 4.78 is 0. The van der Waals surface area contributed by atoms with Crippen LogP contribution in [0.3, 0.4) is 0 Å². The lowest BCUT2D eigenvalue weighted by Gasteiger charge is -2.30. The first-order chi connectivity index (χ1) is 8.11. The molecule has 1 heterocycles. The number of nitrogens with one attached hydrogen (secondary N) is 1. The number of carbonyl (C=O) groups excluding carboxylic acids is 2. The van der Waals surface area contributed by atoms with E-state index in [0.717, 1.165) is 10.6 Å². The van der Waals surface area contributed by atoms with Crippen LogP contribution in [0, 0.1) is 5.92 Å². The highest BCUT2D eigenvalue weighted by molar-refractivity contribution is 7.98. The second kappa shape index (κ2) is 4.79. The Bertz CT molecular complexity index is 462. The van der Waals surface area contributed by atoms with Crippen molar-refractivity contribution in [2.24, 2.45) is 5.92 Å². The Kier molecular flexibility index (Phi) is 3.38. The minimum Gasteiger partial charge on any atom is -0.293 e. The normalized spacial score (nSPS) is 20.4. The molecular formula is C12H14N2O2S. The minimum absolute atomic E-state index is 0.175. The van der Waals surface area contributed by atoms with E-state index in [4.69, 9.17) is 0 Å². The lowest BCUT2D eigenvalue weighted by molar-refractivity contribution is -0.123. The van der Waals surface area contributed by atoms with Gasteiger partial charge in [0.2, 0.25) is 5.91 Å². The molecule has 1 fully saturated rings. The smallest absolute Gasteiger partial charge is 0.293 e. The van der Waals surface area contributed by atoms with Gasteiger partial charge in [-0.05, 0) is 24.5 Å². The van der Waals surface area contributed by atoms with Gasteiger partial charge in [0.1, 0.15) is 0 Å². The zero-order chi connectivity index (χ0) is 12.4. The molecule has 5 heteroatoms. The van der Waals surface area contributed by atoms with Crippen LogP contribution < -0.4 is 10.2 Å². The first-order valence-electron chi connectivity index (χ1n) is 5.38. The van der Waals surface area contributed by atoms with Crippen LogP contribution in [0.15, 0.2) is 29.2 Å². The highest BCUT2D eigenvalue weighted by Gasteiger charge is 2.29. The third-order valence-electron chi connectivity index (χ3n) is 2.74. The average Bonchev–Trinajstić information content (AvgIpc) is 2.34. The first-order valence-corrected chi connectivity index (χ1v) is 6.60. The number of rotatable bonds is 2. The number of hydrogen-bond donors (Lipinski definition) is 1. The van der Waals surface area contributed by atoms with Gasteiger partial charge in [-0.1, -0.05) is 13.0 Å². The number of nitrogens with zero attached hydrogens (tertiary/aromatic N) is 1. The fraction of sp³-hybridized carbons (Fsp3) is 0.333. The van der Waals surface area contributed by atoms with Crippen molar-refractivity contribution < 1.29 is 9.59 Å². The molecule has 1 aliphatic rings. The molecular weight excluding hydrogens is 236 g/mol. The van der Waals surface area contributed by atoms with Gasteiger partial charge in [-0.15, -0.1) is 11.8 Å². The van der Waals surface area contributed by atoms with Gasteiger partial charge in [-0.3, -0.25) is 15.0 Å². The first kappa shape index (κ1) is 12.0. The van der Waals surface area contributed by atoms with Crippen molar-refractivity contribution in [1.82, 2.24) is 5.32 Å². The summed E-state index contributed by atoms with van der Waals surface area (Å²) in [7, 11) is 0. The number of hydrogen-bond acceptors (Lipinski definition) is 3.